The van der Waals surface area contributed by atoms with Gasteiger partial charge in [-0.3, -0.25) is 0 Å². The Morgan fingerprint density at radius 3 is 2.77 bits per heavy atom. The number of imidazole rings is 1. The van der Waals surface area contributed by atoms with Crippen molar-refractivity contribution in [2.24, 2.45) is 11.7 Å². The molecule has 0 saturated heterocycles. The first-order chi connectivity index (χ1) is 14.7. The molecule has 6 nitrogen and oxygen atoms in total. The second-order valence-corrected chi connectivity index (χ2v) is 8.26. The molecule has 160 valence electrons. The van der Waals surface area contributed by atoms with E-state index in [1.54, 1.807) is 18.3 Å². The lowest BCUT2D eigenvalue weighted by molar-refractivity contribution is -0.699. The largest absolute Gasteiger partial charge is 0.868 e. The molecule has 0 unspecified atom stereocenters. The van der Waals surface area contributed by atoms with E-state index in [-0.39, 0.29) is 5.75 Å². The summed E-state index contributed by atoms with van der Waals surface area (Å²) in [4.78, 5) is 0. The van der Waals surface area contributed by atoms with Crippen molar-refractivity contribution in [3.8, 4) is 11.5 Å². The van der Waals surface area contributed by atoms with Crippen LogP contribution < -0.4 is 24.7 Å². The maximum Gasteiger partial charge on any atom is 0.271 e. The van der Waals surface area contributed by atoms with Gasteiger partial charge in [-0.25, -0.2) is 13.7 Å². The van der Waals surface area contributed by atoms with Crippen LogP contribution in [0.2, 0.25) is 0 Å². The number of pyridine rings is 1. The summed E-state index contributed by atoms with van der Waals surface area (Å²) in [7, 11) is 0. The number of rotatable bonds is 8. The molecule has 0 atom stereocenters. The second kappa shape index (κ2) is 9.47. The van der Waals surface area contributed by atoms with Crippen molar-refractivity contribution in [2.75, 3.05) is 6.61 Å². The monoisotopic (exact) mass is 409 g/mol. The fourth-order valence-corrected chi connectivity index (χ4v) is 4.77. The standard InChI is InChI=1S/C24H33N4O2/c1-2-27-22-11-10-21(30-14-13-26-12-6-9-20(29)18-26)15-23(22)28(24(27)16-25)17-19-7-4-3-5-8-19/h6,9-12,15,18-19H,2-5,7-8,13-14,16-17,25H2,1H3/q+1. The molecular formula is C24H33N4O2+. The number of hydrogen-bond acceptors (Lipinski definition) is 3. The van der Waals surface area contributed by atoms with Gasteiger partial charge in [-0.05, 0) is 43.6 Å². The summed E-state index contributed by atoms with van der Waals surface area (Å²) >= 11 is 0. The first-order valence-corrected chi connectivity index (χ1v) is 11.2. The molecule has 0 amide bonds. The lowest BCUT2D eigenvalue weighted by atomic mass is 9.89. The summed E-state index contributed by atoms with van der Waals surface area (Å²) in [6.45, 7) is 5.80. The Balaban J connectivity index is 1.57. The zero-order valence-electron chi connectivity index (χ0n) is 17.9. The number of nitrogens with two attached hydrogens (primary N) is 1. The van der Waals surface area contributed by atoms with Gasteiger partial charge < -0.3 is 15.6 Å². The van der Waals surface area contributed by atoms with E-state index in [2.05, 4.69) is 28.2 Å². The molecule has 2 N–H and O–H groups in total. The van der Waals surface area contributed by atoms with Crippen molar-refractivity contribution in [1.82, 2.24) is 4.57 Å². The molecule has 1 saturated carbocycles. The van der Waals surface area contributed by atoms with Gasteiger partial charge in [0, 0.05) is 12.1 Å². The first kappa shape index (κ1) is 20.7. The van der Waals surface area contributed by atoms with Crippen LogP contribution in [-0.2, 0) is 26.2 Å². The zero-order valence-corrected chi connectivity index (χ0v) is 17.9. The van der Waals surface area contributed by atoms with E-state index >= 15 is 0 Å². The van der Waals surface area contributed by atoms with Gasteiger partial charge in [-0.1, -0.05) is 25.3 Å². The summed E-state index contributed by atoms with van der Waals surface area (Å²) in [6.07, 6.45) is 10.1. The fourth-order valence-electron chi connectivity index (χ4n) is 4.77. The molecule has 1 aliphatic rings. The Morgan fingerprint density at radius 2 is 2.03 bits per heavy atom. The van der Waals surface area contributed by atoms with Gasteiger partial charge in [-0.2, -0.15) is 0 Å². The van der Waals surface area contributed by atoms with Crippen LogP contribution in [0.5, 0.6) is 11.5 Å². The van der Waals surface area contributed by atoms with E-state index in [1.807, 2.05) is 16.8 Å². The predicted octanol–water partition coefficient (Wildman–Crippen LogP) is 2.43. The quantitative estimate of drug-likeness (QED) is 0.581. The fraction of sp³-hybridized carbons (Fsp3) is 0.500. The third-order valence-corrected chi connectivity index (χ3v) is 6.27. The van der Waals surface area contributed by atoms with Crippen LogP contribution in [0.3, 0.4) is 0 Å². The highest BCUT2D eigenvalue weighted by molar-refractivity contribution is 5.74. The summed E-state index contributed by atoms with van der Waals surface area (Å²) in [5.41, 5.74) is 8.61. The maximum atomic E-state index is 11.5. The highest BCUT2D eigenvalue weighted by Gasteiger charge is 2.26. The van der Waals surface area contributed by atoms with E-state index in [1.165, 1.54) is 49.0 Å². The third kappa shape index (κ3) is 4.43. The molecule has 0 aliphatic heterocycles. The van der Waals surface area contributed by atoms with Crippen LogP contribution in [0.4, 0.5) is 0 Å². The van der Waals surface area contributed by atoms with Crippen molar-refractivity contribution in [3.63, 3.8) is 0 Å². The lowest BCUT2D eigenvalue weighted by Gasteiger charge is -2.20. The van der Waals surface area contributed by atoms with E-state index in [9.17, 15) is 5.11 Å². The Bertz CT molecular complexity index is 992. The smallest absolute Gasteiger partial charge is 0.271 e. The number of aromatic nitrogens is 3. The minimum Gasteiger partial charge on any atom is -0.868 e. The molecule has 2 heterocycles. The summed E-state index contributed by atoms with van der Waals surface area (Å²) in [5, 5.41) is 11.5. The van der Waals surface area contributed by atoms with Crippen molar-refractivity contribution in [1.29, 1.82) is 0 Å². The van der Waals surface area contributed by atoms with Crippen LogP contribution in [0.25, 0.3) is 11.0 Å². The van der Waals surface area contributed by atoms with Gasteiger partial charge in [-0.15, -0.1) is 0 Å². The second-order valence-electron chi connectivity index (χ2n) is 8.26. The van der Waals surface area contributed by atoms with Gasteiger partial charge in [0.15, 0.2) is 30.0 Å². The molecule has 4 rings (SSSR count). The average molecular weight is 410 g/mol. The molecule has 0 radical (unpaired) electrons. The van der Waals surface area contributed by atoms with E-state index in [0.717, 1.165) is 24.8 Å². The van der Waals surface area contributed by atoms with E-state index < -0.39 is 0 Å². The Labute approximate surface area is 178 Å². The van der Waals surface area contributed by atoms with E-state index in [0.29, 0.717) is 19.7 Å². The topological polar surface area (TPSA) is 71.0 Å². The lowest BCUT2D eigenvalue weighted by Crippen LogP contribution is -2.38. The summed E-state index contributed by atoms with van der Waals surface area (Å²) in [6, 6.07) is 9.66. The molecule has 0 bridgehead atoms. The molecule has 2 aromatic heterocycles. The minimum atomic E-state index is 0.0119. The minimum absolute atomic E-state index is 0.0119. The van der Waals surface area contributed by atoms with Gasteiger partial charge in [0.25, 0.3) is 5.82 Å². The molecular weight excluding hydrogens is 376 g/mol. The van der Waals surface area contributed by atoms with E-state index in [4.69, 9.17) is 10.5 Å². The summed E-state index contributed by atoms with van der Waals surface area (Å²) < 4.78 is 12.7. The average Bonchev–Trinajstić information content (AvgIpc) is 3.06. The number of ether oxygens (including phenoxy) is 1. The number of fused-ring (bicyclic) bond motifs is 1. The number of hydrogen-bond donors (Lipinski definition) is 1. The molecule has 0 spiro atoms. The van der Waals surface area contributed by atoms with Crippen molar-refractivity contribution in [2.45, 2.75) is 65.2 Å². The first-order valence-electron chi connectivity index (χ1n) is 11.2. The summed E-state index contributed by atoms with van der Waals surface area (Å²) in [5.74, 6) is 2.79. The van der Waals surface area contributed by atoms with Crippen LogP contribution in [0, 0.1) is 5.92 Å². The number of nitrogens with zero attached hydrogens (tertiary/aromatic N) is 3. The highest BCUT2D eigenvalue weighted by Crippen LogP contribution is 2.28. The number of benzene rings is 1. The third-order valence-electron chi connectivity index (χ3n) is 6.27. The highest BCUT2D eigenvalue weighted by atomic mass is 16.5. The van der Waals surface area contributed by atoms with Crippen molar-refractivity contribution < 1.29 is 19.0 Å². The van der Waals surface area contributed by atoms with Gasteiger partial charge in [0.05, 0.1) is 19.6 Å². The normalized spacial score (nSPS) is 15.0. The zero-order chi connectivity index (χ0) is 20.9. The Morgan fingerprint density at radius 1 is 1.20 bits per heavy atom. The molecule has 1 aromatic carbocycles. The van der Waals surface area contributed by atoms with Crippen molar-refractivity contribution in [3.05, 3.63) is 48.5 Å². The van der Waals surface area contributed by atoms with Crippen LogP contribution >= 0.6 is 0 Å². The maximum absolute atomic E-state index is 11.5. The van der Waals surface area contributed by atoms with Crippen molar-refractivity contribution >= 4 is 11.0 Å². The van der Waals surface area contributed by atoms with Gasteiger partial charge in [0.1, 0.15) is 12.4 Å². The molecule has 1 fully saturated rings. The Kier molecular flexibility index (Phi) is 6.53. The molecule has 6 heteroatoms. The van der Waals surface area contributed by atoms with Crippen LogP contribution in [0.15, 0.2) is 42.7 Å². The predicted molar refractivity (Wildman–Crippen MR) is 114 cm³/mol. The molecule has 30 heavy (non-hydrogen) atoms. The van der Waals surface area contributed by atoms with Gasteiger partial charge in [0.2, 0.25) is 0 Å². The molecule has 1 aliphatic carbocycles. The van der Waals surface area contributed by atoms with Crippen LogP contribution in [0.1, 0.15) is 44.9 Å². The number of aryl methyl sites for hydroxylation is 1. The SMILES string of the molecule is CC[n+]1c(CN)n(CC2CCCCC2)c2cc(OCC[n+]3cccc([O-])c3)ccc21. The Hall–Kier alpha value is -2.60. The van der Waals surface area contributed by atoms with Gasteiger partial charge >= 0.3 is 0 Å². The molecule has 3 aromatic rings. The van der Waals surface area contributed by atoms with Crippen LogP contribution in [-0.4, -0.2) is 11.2 Å².